The third-order valence-electron chi connectivity index (χ3n) is 7.54. The molecule has 6 heterocycles. The minimum Gasteiger partial charge on any atom is -0.339 e. The molecule has 3 N–H and O–H groups in total. The summed E-state index contributed by atoms with van der Waals surface area (Å²) >= 11 is 0. The van der Waals surface area contributed by atoms with Gasteiger partial charge in [-0.25, -0.2) is 4.98 Å². The Kier molecular flexibility index (Phi) is 5.96. The number of aromatic nitrogens is 5. The average Bonchev–Trinajstić information content (AvgIpc) is 3.55. The van der Waals surface area contributed by atoms with E-state index in [1.807, 2.05) is 26.2 Å². The van der Waals surface area contributed by atoms with Gasteiger partial charge in [0.1, 0.15) is 5.65 Å². The van der Waals surface area contributed by atoms with E-state index >= 15 is 0 Å². The summed E-state index contributed by atoms with van der Waals surface area (Å²) in [6.07, 6.45) is 12.9. The lowest BCUT2D eigenvalue weighted by atomic mass is 10.0. The van der Waals surface area contributed by atoms with Crippen LogP contribution in [0.25, 0.3) is 22.3 Å². The second-order valence-corrected chi connectivity index (χ2v) is 10.1. The Morgan fingerprint density at radius 2 is 1.84 bits per heavy atom. The fourth-order valence-electron chi connectivity index (χ4n) is 5.63. The molecule has 0 spiro atoms. The number of carbonyl (C=O) groups excluding carboxylic acids is 2. The zero-order valence-corrected chi connectivity index (χ0v) is 21.0. The van der Waals surface area contributed by atoms with Crippen LogP contribution in [0.15, 0.2) is 43.0 Å². The number of amides is 2. The van der Waals surface area contributed by atoms with E-state index in [4.69, 9.17) is 0 Å². The Morgan fingerprint density at radius 3 is 2.59 bits per heavy atom. The first-order valence-electron chi connectivity index (χ1n) is 12.7. The van der Waals surface area contributed by atoms with E-state index in [1.165, 1.54) is 32.1 Å². The van der Waals surface area contributed by atoms with Crippen LogP contribution in [0, 0.1) is 6.92 Å². The molecule has 2 atom stereocenters. The smallest absolute Gasteiger partial charge is 0.257 e. The van der Waals surface area contributed by atoms with Gasteiger partial charge >= 0.3 is 0 Å². The monoisotopic (exact) mass is 498 g/mol. The number of aryl methyl sites for hydroxylation is 2. The maximum atomic E-state index is 13.1. The highest BCUT2D eigenvalue weighted by atomic mass is 16.2. The molecule has 4 aromatic heterocycles. The van der Waals surface area contributed by atoms with Gasteiger partial charge < -0.3 is 15.6 Å². The third-order valence-corrected chi connectivity index (χ3v) is 7.54. The van der Waals surface area contributed by atoms with Gasteiger partial charge in [-0.15, -0.1) is 0 Å². The molecule has 10 nitrogen and oxygen atoms in total. The van der Waals surface area contributed by atoms with Crippen LogP contribution in [0.2, 0.25) is 0 Å². The largest absolute Gasteiger partial charge is 0.339 e. The van der Waals surface area contributed by atoms with Crippen LogP contribution in [0.1, 0.15) is 48.2 Å². The Bertz CT molecular complexity index is 1470. The minimum atomic E-state index is -0.295. The molecule has 10 heteroatoms. The first kappa shape index (κ1) is 23.4. The molecule has 2 aliphatic heterocycles. The molecular weight excluding hydrogens is 468 g/mol. The number of carbonyl (C=O) groups is 2. The van der Waals surface area contributed by atoms with Gasteiger partial charge in [0.25, 0.3) is 5.91 Å². The number of hydrogen-bond donors (Lipinski definition) is 3. The molecule has 4 aromatic rings. The van der Waals surface area contributed by atoms with Gasteiger partial charge in [-0.3, -0.25) is 24.2 Å². The van der Waals surface area contributed by atoms with E-state index in [0.717, 1.165) is 16.6 Å². The van der Waals surface area contributed by atoms with Crippen molar-refractivity contribution in [2.75, 3.05) is 17.2 Å². The normalized spacial score (nSPS) is 19.3. The Morgan fingerprint density at radius 1 is 1.03 bits per heavy atom. The molecule has 6 rings (SSSR count). The number of anilines is 2. The van der Waals surface area contributed by atoms with E-state index in [1.54, 1.807) is 35.4 Å². The number of nitrogens with zero attached hydrogens (tertiary/aromatic N) is 5. The summed E-state index contributed by atoms with van der Waals surface area (Å²) in [6.45, 7) is 2.22. The van der Waals surface area contributed by atoms with Gasteiger partial charge in [0.15, 0.2) is 0 Å². The van der Waals surface area contributed by atoms with Crippen molar-refractivity contribution in [2.24, 2.45) is 7.05 Å². The standard InChI is InChI=1S/C27H30N8O2/c1-16-23(10-20(13-28-16)31-25(36)15-35-21-4-3-5-22(35)7-6-21)33-27(37)18-8-17-9-24(32-26(17)29-11-18)19-12-30-34(2)14-19/h8-14,21-22H,3-7,15H2,1-2H3,(H,29,32)(H,31,36)(H,33,37). The quantitative estimate of drug-likeness (QED) is 0.371. The number of fused-ring (bicyclic) bond motifs is 3. The minimum absolute atomic E-state index is 0.0479. The lowest BCUT2D eigenvalue weighted by Crippen LogP contribution is -2.44. The van der Waals surface area contributed by atoms with Crippen LogP contribution in [0.3, 0.4) is 0 Å². The molecule has 2 amide bonds. The maximum Gasteiger partial charge on any atom is 0.257 e. The fourth-order valence-corrected chi connectivity index (χ4v) is 5.63. The average molecular weight is 499 g/mol. The van der Waals surface area contributed by atoms with Crippen LogP contribution in [0.4, 0.5) is 11.4 Å². The fraction of sp³-hybridized carbons (Fsp3) is 0.370. The molecular formula is C27H30N8O2. The summed E-state index contributed by atoms with van der Waals surface area (Å²) < 4.78 is 1.73. The molecule has 0 aromatic carbocycles. The topological polar surface area (TPSA) is 121 Å². The van der Waals surface area contributed by atoms with Crippen molar-refractivity contribution in [3.05, 3.63) is 54.2 Å². The number of pyridine rings is 2. The van der Waals surface area contributed by atoms with Gasteiger partial charge in [0.05, 0.1) is 47.3 Å². The Hall–Kier alpha value is -4.05. The van der Waals surface area contributed by atoms with Crippen LogP contribution in [0.5, 0.6) is 0 Å². The van der Waals surface area contributed by atoms with E-state index < -0.39 is 0 Å². The number of H-pyrrole nitrogens is 1. The Labute approximate surface area is 214 Å². The summed E-state index contributed by atoms with van der Waals surface area (Å²) in [4.78, 5) is 40.3. The van der Waals surface area contributed by atoms with Gasteiger partial charge in [0, 0.05) is 42.5 Å². The SMILES string of the molecule is Cc1ncc(NC(=O)CN2C3CCCC2CC3)cc1NC(=O)c1cnc2[nH]c(-c3cnn(C)c3)cc2c1. The van der Waals surface area contributed by atoms with Gasteiger partial charge in [-0.05, 0) is 50.8 Å². The Balaban J connectivity index is 1.14. The maximum absolute atomic E-state index is 13.1. The molecule has 2 saturated heterocycles. The highest BCUT2D eigenvalue weighted by molar-refractivity contribution is 6.06. The van der Waals surface area contributed by atoms with Crippen molar-refractivity contribution >= 4 is 34.2 Å². The molecule has 2 unspecified atom stereocenters. The van der Waals surface area contributed by atoms with Crippen molar-refractivity contribution in [3.63, 3.8) is 0 Å². The summed E-state index contributed by atoms with van der Waals surface area (Å²) in [5.41, 5.74) is 4.73. The molecule has 2 aliphatic rings. The predicted octanol–water partition coefficient (Wildman–Crippen LogP) is 3.87. The molecule has 0 aliphatic carbocycles. The van der Waals surface area contributed by atoms with Crippen molar-refractivity contribution in [1.82, 2.24) is 29.6 Å². The van der Waals surface area contributed by atoms with Gasteiger partial charge in [-0.2, -0.15) is 5.10 Å². The summed E-state index contributed by atoms with van der Waals surface area (Å²) in [5, 5.41) is 10.9. The zero-order chi connectivity index (χ0) is 25.5. The molecule has 0 radical (unpaired) electrons. The lowest BCUT2D eigenvalue weighted by molar-refractivity contribution is -0.118. The first-order chi connectivity index (χ1) is 17.9. The highest BCUT2D eigenvalue weighted by Gasteiger charge is 2.37. The zero-order valence-electron chi connectivity index (χ0n) is 21.0. The molecule has 190 valence electrons. The second kappa shape index (κ2) is 9.44. The predicted molar refractivity (Wildman–Crippen MR) is 141 cm³/mol. The number of aromatic amines is 1. The number of piperidine rings is 1. The molecule has 2 bridgehead atoms. The van der Waals surface area contributed by atoms with Gasteiger partial charge in [-0.1, -0.05) is 6.42 Å². The molecule has 37 heavy (non-hydrogen) atoms. The van der Waals surface area contributed by atoms with Crippen LogP contribution in [-0.4, -0.2) is 60.1 Å². The van der Waals surface area contributed by atoms with Crippen molar-refractivity contribution < 1.29 is 9.59 Å². The highest BCUT2D eigenvalue weighted by Crippen LogP contribution is 2.35. The third kappa shape index (κ3) is 4.72. The van der Waals surface area contributed by atoms with Crippen LogP contribution < -0.4 is 10.6 Å². The second-order valence-electron chi connectivity index (χ2n) is 10.1. The van der Waals surface area contributed by atoms with E-state index in [9.17, 15) is 9.59 Å². The summed E-state index contributed by atoms with van der Waals surface area (Å²) in [5.74, 6) is -0.343. The molecule has 2 fully saturated rings. The number of hydrogen-bond acceptors (Lipinski definition) is 6. The molecule has 0 saturated carbocycles. The first-order valence-corrected chi connectivity index (χ1v) is 12.7. The van der Waals surface area contributed by atoms with Gasteiger partial charge in [0.2, 0.25) is 5.91 Å². The van der Waals surface area contributed by atoms with E-state index in [0.29, 0.717) is 46.9 Å². The van der Waals surface area contributed by atoms with Crippen molar-refractivity contribution in [2.45, 2.75) is 51.1 Å². The van der Waals surface area contributed by atoms with E-state index in [2.05, 4.69) is 35.6 Å². The number of rotatable bonds is 6. The van der Waals surface area contributed by atoms with Crippen molar-refractivity contribution in [1.29, 1.82) is 0 Å². The lowest BCUT2D eigenvalue weighted by Gasteiger charge is -2.33. The van der Waals surface area contributed by atoms with E-state index in [-0.39, 0.29) is 11.8 Å². The van der Waals surface area contributed by atoms with Crippen LogP contribution >= 0.6 is 0 Å². The van der Waals surface area contributed by atoms with Crippen LogP contribution in [-0.2, 0) is 11.8 Å². The van der Waals surface area contributed by atoms with Crippen molar-refractivity contribution in [3.8, 4) is 11.3 Å². The number of nitrogens with one attached hydrogen (secondary N) is 3. The summed E-state index contributed by atoms with van der Waals surface area (Å²) in [6, 6.07) is 6.57. The summed E-state index contributed by atoms with van der Waals surface area (Å²) in [7, 11) is 1.86.